The fourth-order valence-corrected chi connectivity index (χ4v) is 7.86. The van der Waals surface area contributed by atoms with E-state index in [0.717, 1.165) is 6.42 Å². The molecule has 0 saturated heterocycles. The molecule has 1 aliphatic rings. The molecule has 0 atom stereocenters. The molecule has 0 heterocycles. The Kier molecular flexibility index (Phi) is 7.07. The molecule has 0 spiro atoms. The minimum atomic E-state index is -1.37. The van der Waals surface area contributed by atoms with Gasteiger partial charge in [-0.15, -0.1) is 0 Å². The Balaban J connectivity index is 3.18. The van der Waals surface area contributed by atoms with E-state index in [2.05, 4.69) is 81.1 Å². The topological polar surface area (TPSA) is 6.48 Å². The van der Waals surface area contributed by atoms with Gasteiger partial charge in [-0.1, -0.05) is 0 Å². The molecular weight excluding hydrogens is 283 g/mol. The number of hydrogen-bond donors (Lipinski definition) is 0. The predicted octanol–water partition coefficient (Wildman–Crippen LogP) is 4.52. The van der Waals surface area contributed by atoms with Crippen molar-refractivity contribution in [1.29, 1.82) is 0 Å². The van der Waals surface area contributed by atoms with Gasteiger partial charge >= 0.3 is 132 Å². The molecule has 1 aliphatic carbocycles. The average molecular weight is 316 g/mol. The van der Waals surface area contributed by atoms with Crippen LogP contribution in [0.25, 0.3) is 0 Å². The second-order valence-electron chi connectivity index (χ2n) is 6.71. The van der Waals surface area contributed by atoms with E-state index in [0.29, 0.717) is 24.2 Å². The first kappa shape index (κ1) is 18.0. The van der Waals surface area contributed by atoms with Crippen LogP contribution in [0.3, 0.4) is 0 Å². The summed E-state index contributed by atoms with van der Waals surface area (Å²) < 4.78 is 7.28. The minimum absolute atomic E-state index is 0.608. The summed E-state index contributed by atoms with van der Waals surface area (Å²) in [6, 6.07) is 2.43. The Labute approximate surface area is 131 Å². The zero-order valence-electron chi connectivity index (χ0n) is 14.6. The first-order chi connectivity index (χ1) is 9.27. The van der Waals surface area contributed by atoms with Gasteiger partial charge < -0.3 is 0 Å². The van der Waals surface area contributed by atoms with Crippen LogP contribution in [0.5, 0.6) is 0 Å². The Morgan fingerprint density at radius 2 is 1.20 bits per heavy atom. The number of allylic oxidation sites excluding steroid dienone is 4. The van der Waals surface area contributed by atoms with Crippen LogP contribution < -0.4 is 0 Å². The predicted molar refractivity (Wildman–Crippen MR) is 86.1 cm³/mol. The maximum absolute atomic E-state index is 2.80. The Hall–Kier alpha value is -0.0156. The van der Waals surface area contributed by atoms with Gasteiger partial charge in [0.25, 0.3) is 0 Å². The first-order valence-electron chi connectivity index (χ1n) is 7.99. The molecule has 20 heavy (non-hydrogen) atoms. The summed E-state index contributed by atoms with van der Waals surface area (Å²) in [7, 11) is 0. The second-order valence-corrected chi connectivity index (χ2v) is 9.96. The monoisotopic (exact) mass is 316 g/mol. The van der Waals surface area contributed by atoms with Crippen LogP contribution >= 0.6 is 0 Å². The van der Waals surface area contributed by atoms with Crippen molar-refractivity contribution in [2.45, 2.75) is 86.0 Å². The molecule has 0 unspecified atom stereocenters. The molecule has 0 aromatic heterocycles. The normalized spacial score (nSPS) is 16.1. The quantitative estimate of drug-likeness (QED) is 0.681. The molecule has 116 valence electrons. The van der Waals surface area contributed by atoms with Gasteiger partial charge in [0.15, 0.2) is 0 Å². The van der Waals surface area contributed by atoms with Gasteiger partial charge in [-0.2, -0.15) is 0 Å². The van der Waals surface area contributed by atoms with Gasteiger partial charge in [-0.25, -0.2) is 0 Å². The van der Waals surface area contributed by atoms with Crippen molar-refractivity contribution in [3.05, 3.63) is 22.5 Å². The molecule has 0 radical (unpaired) electrons. The Morgan fingerprint density at radius 3 is 1.45 bits per heavy atom. The first-order valence-corrected chi connectivity index (χ1v) is 9.94. The third kappa shape index (κ3) is 4.24. The van der Waals surface area contributed by atoms with E-state index < -0.39 is 15.6 Å². The molecule has 3 heteroatoms. The van der Waals surface area contributed by atoms with E-state index >= 15 is 0 Å². The standard InChI is InChI=1S/2C6H14N.C5H5.V/c2*1-5(2)7-6(3)4;1-2-4-5-3-1;/h2*5-6H,1-4H3;1-3H,4H2;/q2*-1;;+2. The van der Waals surface area contributed by atoms with Gasteiger partial charge in [0, 0.05) is 0 Å². The van der Waals surface area contributed by atoms with E-state index in [4.69, 9.17) is 0 Å². The molecule has 0 amide bonds. The zero-order chi connectivity index (χ0) is 15.4. The molecular formula is C17H33N2V. The fraction of sp³-hybridized carbons (Fsp3) is 0.765. The molecule has 0 aromatic rings. The van der Waals surface area contributed by atoms with Crippen molar-refractivity contribution in [2.75, 3.05) is 0 Å². The van der Waals surface area contributed by atoms with Crippen LogP contribution in [-0.4, -0.2) is 31.7 Å². The number of rotatable bonds is 7. The zero-order valence-corrected chi connectivity index (χ0v) is 16.0. The van der Waals surface area contributed by atoms with Gasteiger partial charge in [-0.3, -0.25) is 0 Å². The molecule has 0 aliphatic heterocycles. The van der Waals surface area contributed by atoms with Gasteiger partial charge in [0.1, 0.15) is 0 Å². The summed E-state index contributed by atoms with van der Waals surface area (Å²) in [4.78, 5) is 0. The average Bonchev–Trinajstić information content (AvgIpc) is 2.78. The van der Waals surface area contributed by atoms with Crippen molar-refractivity contribution in [2.24, 2.45) is 0 Å². The molecule has 2 nitrogen and oxygen atoms in total. The maximum atomic E-state index is 2.80. The van der Waals surface area contributed by atoms with E-state index in [9.17, 15) is 0 Å². The van der Waals surface area contributed by atoms with Crippen molar-refractivity contribution in [3.8, 4) is 0 Å². The fourth-order valence-electron chi connectivity index (χ4n) is 3.07. The van der Waals surface area contributed by atoms with Gasteiger partial charge in [-0.05, 0) is 0 Å². The third-order valence-electron chi connectivity index (χ3n) is 3.56. The van der Waals surface area contributed by atoms with Crippen LogP contribution in [-0.2, 0) is 15.6 Å². The third-order valence-corrected chi connectivity index (χ3v) is 9.13. The van der Waals surface area contributed by atoms with E-state index in [1.54, 1.807) is 4.28 Å². The summed E-state index contributed by atoms with van der Waals surface area (Å²) in [5, 5.41) is 0. The summed E-state index contributed by atoms with van der Waals surface area (Å²) in [6.07, 6.45) is 8.10. The van der Waals surface area contributed by atoms with Crippen molar-refractivity contribution < 1.29 is 15.6 Å². The summed E-state index contributed by atoms with van der Waals surface area (Å²) in [6.45, 7) is 18.8. The van der Waals surface area contributed by atoms with Crippen LogP contribution in [0.4, 0.5) is 0 Å². The van der Waals surface area contributed by atoms with Crippen molar-refractivity contribution in [3.63, 3.8) is 0 Å². The second kappa shape index (κ2) is 7.84. The van der Waals surface area contributed by atoms with E-state index in [-0.39, 0.29) is 0 Å². The van der Waals surface area contributed by atoms with E-state index in [1.165, 1.54) is 0 Å². The van der Waals surface area contributed by atoms with Crippen molar-refractivity contribution in [1.82, 2.24) is 7.50 Å². The van der Waals surface area contributed by atoms with E-state index in [1.807, 2.05) is 0 Å². The van der Waals surface area contributed by atoms with Crippen LogP contribution in [0.2, 0.25) is 0 Å². The SMILES string of the molecule is CC(C)[N](C(C)C)[V]([C]1=CC=CC1)[N](C(C)C)C(C)C. The molecule has 0 saturated carbocycles. The number of nitrogens with zero attached hydrogens (tertiary/aromatic N) is 2. The van der Waals surface area contributed by atoms with Crippen LogP contribution in [0.1, 0.15) is 61.8 Å². The molecule has 0 N–H and O–H groups in total. The number of hydrogen-bond acceptors (Lipinski definition) is 2. The Morgan fingerprint density at radius 1 is 0.800 bits per heavy atom. The summed E-state index contributed by atoms with van der Waals surface area (Å²) in [5.41, 5.74) is 0. The Bertz CT molecular complexity index is 320. The molecule has 1 rings (SSSR count). The molecule has 0 fully saturated rings. The van der Waals surface area contributed by atoms with Gasteiger partial charge in [0.05, 0.1) is 0 Å². The molecule has 0 bridgehead atoms. The van der Waals surface area contributed by atoms with Crippen LogP contribution in [0, 0.1) is 0 Å². The van der Waals surface area contributed by atoms with Crippen molar-refractivity contribution >= 4 is 0 Å². The summed E-state index contributed by atoms with van der Waals surface area (Å²) >= 11 is -1.37. The molecule has 0 aromatic carbocycles. The van der Waals surface area contributed by atoms with Gasteiger partial charge in [0.2, 0.25) is 0 Å². The van der Waals surface area contributed by atoms with Crippen LogP contribution in [0.15, 0.2) is 22.5 Å². The summed E-state index contributed by atoms with van der Waals surface area (Å²) in [5.74, 6) is 0.